The predicted octanol–water partition coefficient (Wildman–Crippen LogP) is 4.95. The number of hydrogen-bond acceptors (Lipinski definition) is 5. The topological polar surface area (TPSA) is 70.7 Å². The summed E-state index contributed by atoms with van der Waals surface area (Å²) >= 11 is 0. The highest BCUT2D eigenvalue weighted by molar-refractivity contribution is 5.67. The molecule has 0 spiro atoms. The minimum Gasteiger partial charge on any atom is -0.444 e. The number of nitrogens with zero attached hydrogens (tertiary/aromatic N) is 3. The summed E-state index contributed by atoms with van der Waals surface area (Å²) in [7, 11) is 4.88. The average Bonchev–Trinajstić information content (AvgIpc) is 3.13. The second-order valence-corrected chi connectivity index (χ2v) is 9.33. The number of likely N-dealkylation sites (N-methyl/N-ethyl adjacent to an activating group) is 2. The minimum atomic E-state index is -4.17. The molecule has 1 aliphatic rings. The summed E-state index contributed by atoms with van der Waals surface area (Å²) in [6, 6.07) is 0. The third-order valence-electron chi connectivity index (χ3n) is 5.04. The summed E-state index contributed by atoms with van der Waals surface area (Å²) < 4.78 is 42.0. The lowest BCUT2D eigenvalue weighted by molar-refractivity contribution is -0.167. The zero-order valence-electron chi connectivity index (χ0n) is 20.2. The number of carbonyl (C=O) groups is 1. The molecule has 1 N–H and O–H groups in total. The van der Waals surface area contributed by atoms with Gasteiger partial charge in [0.05, 0.1) is 6.20 Å². The molecule has 0 atom stereocenters. The van der Waals surface area contributed by atoms with Gasteiger partial charge in [-0.2, -0.15) is 18.3 Å². The number of aromatic amines is 1. The standard InChI is InChI=1S/C19H34N4O2.C3H5F3O/c1-19(2,3)25-18(24)23(5)12-11-22(4)14-16-13-20-21-17(16)15-9-7-6-8-10-15;1-7-2-3(4,5)6/h13,15H,6-12,14H2,1-5H3,(H,20,21);2H2,1H3. The second kappa shape index (κ2) is 13.0. The van der Waals surface area contributed by atoms with Crippen molar-refractivity contribution in [3.8, 4) is 0 Å². The molecule has 0 aliphatic heterocycles. The van der Waals surface area contributed by atoms with E-state index in [1.54, 1.807) is 11.9 Å². The fourth-order valence-electron chi connectivity index (χ4n) is 3.48. The molecule has 1 aliphatic carbocycles. The second-order valence-electron chi connectivity index (χ2n) is 9.33. The minimum absolute atomic E-state index is 0.271. The van der Waals surface area contributed by atoms with Gasteiger partial charge < -0.3 is 19.3 Å². The molecule has 0 bridgehead atoms. The van der Waals surface area contributed by atoms with Gasteiger partial charge in [-0.25, -0.2) is 4.79 Å². The SMILES string of the molecule is CN(CCN(C)C(=O)OC(C)(C)C)Cc1cn[nH]c1C1CCCCC1.COCC(F)(F)F. The number of ether oxygens (including phenoxy) is 2. The van der Waals surface area contributed by atoms with Gasteiger partial charge in [-0.3, -0.25) is 5.10 Å². The van der Waals surface area contributed by atoms with Gasteiger partial charge in [0.15, 0.2) is 0 Å². The largest absolute Gasteiger partial charge is 0.444 e. The van der Waals surface area contributed by atoms with E-state index in [9.17, 15) is 18.0 Å². The average molecular weight is 465 g/mol. The van der Waals surface area contributed by atoms with Crippen molar-refractivity contribution in [2.75, 3.05) is 40.9 Å². The molecule has 1 fully saturated rings. The van der Waals surface area contributed by atoms with Gasteiger partial charge in [0.25, 0.3) is 0 Å². The first-order chi connectivity index (χ1) is 14.8. The number of nitrogens with one attached hydrogen (secondary N) is 1. The van der Waals surface area contributed by atoms with Crippen LogP contribution in [0.2, 0.25) is 0 Å². The molecule has 0 radical (unpaired) electrons. The van der Waals surface area contributed by atoms with E-state index in [2.05, 4.69) is 26.9 Å². The third kappa shape index (κ3) is 11.7. The number of H-pyrrole nitrogens is 1. The Hall–Kier alpha value is -1.81. The van der Waals surface area contributed by atoms with Crippen molar-refractivity contribution in [2.45, 2.75) is 77.1 Å². The van der Waals surface area contributed by atoms with Crippen LogP contribution >= 0.6 is 0 Å². The summed E-state index contributed by atoms with van der Waals surface area (Å²) in [5.74, 6) is 0.629. The fourth-order valence-corrected chi connectivity index (χ4v) is 3.48. The number of rotatable bonds is 7. The molecule has 1 saturated carbocycles. The van der Waals surface area contributed by atoms with E-state index in [1.165, 1.54) is 43.4 Å². The first-order valence-corrected chi connectivity index (χ1v) is 11.0. The highest BCUT2D eigenvalue weighted by Gasteiger charge is 2.26. The van der Waals surface area contributed by atoms with Gasteiger partial charge in [-0.15, -0.1) is 0 Å². The molecule has 0 saturated heterocycles. The quantitative estimate of drug-likeness (QED) is 0.618. The van der Waals surface area contributed by atoms with Crippen LogP contribution in [-0.4, -0.2) is 78.8 Å². The van der Waals surface area contributed by atoms with E-state index in [4.69, 9.17) is 4.74 Å². The van der Waals surface area contributed by atoms with Crippen LogP contribution in [0.15, 0.2) is 6.20 Å². The van der Waals surface area contributed by atoms with E-state index in [1.807, 2.05) is 27.0 Å². The lowest BCUT2D eigenvalue weighted by atomic mass is 9.85. The van der Waals surface area contributed by atoms with Gasteiger partial charge in [-0.05, 0) is 40.7 Å². The maximum absolute atomic E-state index is 12.0. The van der Waals surface area contributed by atoms with Crippen molar-refractivity contribution in [2.24, 2.45) is 0 Å². The molecule has 1 aromatic rings. The van der Waals surface area contributed by atoms with Crippen molar-refractivity contribution in [1.29, 1.82) is 0 Å². The van der Waals surface area contributed by atoms with Gasteiger partial charge in [-0.1, -0.05) is 19.3 Å². The summed E-state index contributed by atoms with van der Waals surface area (Å²) in [5.41, 5.74) is 2.14. The van der Waals surface area contributed by atoms with Crippen molar-refractivity contribution >= 4 is 6.09 Å². The van der Waals surface area contributed by atoms with Crippen molar-refractivity contribution < 1.29 is 27.4 Å². The summed E-state index contributed by atoms with van der Waals surface area (Å²) in [5, 5.41) is 7.51. The van der Waals surface area contributed by atoms with E-state index in [0.29, 0.717) is 12.5 Å². The maximum Gasteiger partial charge on any atom is 0.411 e. The lowest BCUT2D eigenvalue weighted by Crippen LogP contribution is -2.38. The fraction of sp³-hybridized carbons (Fsp3) is 0.818. The predicted molar refractivity (Wildman–Crippen MR) is 118 cm³/mol. The number of halogens is 3. The molecule has 2 rings (SSSR count). The van der Waals surface area contributed by atoms with Crippen LogP contribution in [0, 0.1) is 0 Å². The van der Waals surface area contributed by atoms with Crippen LogP contribution in [0.4, 0.5) is 18.0 Å². The van der Waals surface area contributed by atoms with Crippen LogP contribution in [-0.2, 0) is 16.0 Å². The molecule has 1 aromatic heterocycles. The van der Waals surface area contributed by atoms with Crippen molar-refractivity contribution in [3.63, 3.8) is 0 Å². The zero-order valence-corrected chi connectivity index (χ0v) is 20.2. The Labute approximate surface area is 189 Å². The Bertz CT molecular complexity index is 668. The van der Waals surface area contributed by atoms with Gasteiger partial charge >= 0.3 is 12.3 Å². The van der Waals surface area contributed by atoms with E-state index in [0.717, 1.165) is 20.2 Å². The zero-order chi connectivity index (χ0) is 24.4. The van der Waals surface area contributed by atoms with Gasteiger partial charge in [0, 0.05) is 51.0 Å². The third-order valence-corrected chi connectivity index (χ3v) is 5.04. The summed E-state index contributed by atoms with van der Waals surface area (Å²) in [6.45, 7) is 6.79. The van der Waals surface area contributed by atoms with E-state index >= 15 is 0 Å². The van der Waals surface area contributed by atoms with Crippen LogP contribution in [0.25, 0.3) is 0 Å². The molecule has 7 nitrogen and oxygen atoms in total. The summed E-state index contributed by atoms with van der Waals surface area (Å²) in [6.07, 6.45) is 4.04. The molecule has 10 heteroatoms. The molecule has 0 unspecified atom stereocenters. The van der Waals surface area contributed by atoms with Crippen molar-refractivity contribution in [3.05, 3.63) is 17.5 Å². The molecule has 1 heterocycles. The first-order valence-electron chi connectivity index (χ1n) is 11.0. The number of methoxy groups -OCH3 is 1. The number of carbonyl (C=O) groups excluding carboxylic acids is 1. The Morgan fingerprint density at radius 2 is 1.78 bits per heavy atom. The smallest absolute Gasteiger partial charge is 0.411 e. The monoisotopic (exact) mass is 464 g/mol. The molecular weight excluding hydrogens is 425 g/mol. The van der Waals surface area contributed by atoms with E-state index < -0.39 is 18.4 Å². The summed E-state index contributed by atoms with van der Waals surface area (Å²) in [4.78, 5) is 15.9. The number of hydrogen-bond donors (Lipinski definition) is 1. The molecular formula is C22H39F3N4O3. The molecule has 1 amide bonds. The van der Waals surface area contributed by atoms with Crippen LogP contribution < -0.4 is 0 Å². The number of amides is 1. The van der Waals surface area contributed by atoms with Gasteiger partial charge in [0.2, 0.25) is 0 Å². The molecule has 0 aromatic carbocycles. The number of alkyl halides is 3. The maximum atomic E-state index is 12.0. The van der Waals surface area contributed by atoms with Crippen molar-refractivity contribution in [1.82, 2.24) is 20.0 Å². The lowest BCUT2D eigenvalue weighted by Gasteiger charge is -2.26. The molecule has 186 valence electrons. The Morgan fingerprint density at radius 3 is 2.28 bits per heavy atom. The number of aromatic nitrogens is 2. The van der Waals surface area contributed by atoms with Crippen LogP contribution in [0.3, 0.4) is 0 Å². The normalized spacial score (nSPS) is 15.3. The molecule has 32 heavy (non-hydrogen) atoms. The van der Waals surface area contributed by atoms with Crippen LogP contribution in [0.1, 0.15) is 70.1 Å². The first kappa shape index (κ1) is 28.2. The Balaban J connectivity index is 0.000000633. The highest BCUT2D eigenvalue weighted by Crippen LogP contribution is 2.33. The van der Waals surface area contributed by atoms with Crippen LogP contribution in [0.5, 0.6) is 0 Å². The van der Waals surface area contributed by atoms with E-state index in [-0.39, 0.29) is 6.09 Å². The highest BCUT2D eigenvalue weighted by atomic mass is 19.4. The Kier molecular flexibility index (Phi) is 11.5. The Morgan fingerprint density at radius 1 is 1.16 bits per heavy atom. The van der Waals surface area contributed by atoms with Gasteiger partial charge in [0.1, 0.15) is 12.2 Å².